The Morgan fingerprint density at radius 2 is 1.97 bits per heavy atom. The van der Waals surface area contributed by atoms with E-state index in [1.54, 1.807) is 0 Å². The number of Topliss-reactive ketones (excluding diaryl/α,β-unsaturated/α-hetero) is 1. The minimum absolute atomic E-state index is 0.00812. The molecule has 0 radical (unpaired) electrons. The number of hydrogen-bond acceptors (Lipinski definition) is 6. The molecule has 166 valence electrons. The summed E-state index contributed by atoms with van der Waals surface area (Å²) >= 11 is 0.552. The first-order valence-electron chi connectivity index (χ1n) is 8.92. The summed E-state index contributed by atoms with van der Waals surface area (Å²) in [6.07, 6.45) is -4.70. The molecule has 1 fully saturated rings. The number of carbonyl (C=O) groups excluding carboxylic acids is 3. The summed E-state index contributed by atoms with van der Waals surface area (Å²) in [5, 5.41) is 11.0. The van der Waals surface area contributed by atoms with Crippen molar-refractivity contribution in [2.45, 2.75) is 50.9 Å². The monoisotopic (exact) mass is 453 g/mol. The van der Waals surface area contributed by atoms with Crippen LogP contribution in [0.4, 0.5) is 17.6 Å². The molecule has 0 spiro atoms. The largest absolute Gasteiger partial charge is 0.481 e. The average Bonchev–Trinajstić information content (AvgIpc) is 3.08. The third-order valence-corrected chi connectivity index (χ3v) is 5.44. The summed E-state index contributed by atoms with van der Waals surface area (Å²) in [4.78, 5) is 51.6. The number of thiazole rings is 1. The number of hydrogen-bond donors (Lipinski definition) is 2. The quantitative estimate of drug-likeness (QED) is 0.610. The van der Waals surface area contributed by atoms with E-state index in [0.29, 0.717) is 24.2 Å². The van der Waals surface area contributed by atoms with Crippen LogP contribution in [0.15, 0.2) is 0 Å². The molecule has 1 saturated heterocycles. The number of carboxylic acids is 1. The molecule has 0 bridgehead atoms. The first kappa shape index (κ1) is 23.7. The summed E-state index contributed by atoms with van der Waals surface area (Å²) in [5.41, 5.74) is -1.34. The number of alkyl halides is 4. The van der Waals surface area contributed by atoms with Gasteiger partial charge in [0.15, 0.2) is 11.5 Å². The number of nitrogens with one attached hydrogen (secondary N) is 1. The highest BCUT2D eigenvalue weighted by atomic mass is 32.1. The summed E-state index contributed by atoms with van der Waals surface area (Å²) in [7, 11) is 0. The lowest BCUT2D eigenvalue weighted by atomic mass is 9.99. The molecule has 1 aliphatic rings. The van der Waals surface area contributed by atoms with Crippen molar-refractivity contribution in [3.63, 3.8) is 0 Å². The lowest BCUT2D eigenvalue weighted by molar-refractivity contribution is -0.141. The smallest absolute Gasteiger partial charge is 0.435 e. The zero-order chi connectivity index (χ0) is 22.6. The fraction of sp³-hybridized carbons (Fsp3) is 0.588. The van der Waals surface area contributed by atoms with Gasteiger partial charge in [0, 0.05) is 6.54 Å². The molecule has 2 amide bonds. The SMILES string of the molecule is Cc1nc(C(F)(F)F)c(C(=O)N2CCCC[C@H]2C(=O)N[C@@H](CC(=O)O)C(=O)CF)s1. The van der Waals surface area contributed by atoms with E-state index >= 15 is 0 Å². The zero-order valence-corrected chi connectivity index (χ0v) is 16.6. The normalized spacial score (nSPS) is 18.0. The Kier molecular flexibility index (Phi) is 7.50. The lowest BCUT2D eigenvalue weighted by Crippen LogP contribution is -2.55. The van der Waals surface area contributed by atoms with Crippen molar-refractivity contribution in [1.29, 1.82) is 0 Å². The van der Waals surface area contributed by atoms with Gasteiger partial charge in [-0.15, -0.1) is 11.3 Å². The molecule has 13 heteroatoms. The molecule has 2 heterocycles. The number of amides is 2. The Morgan fingerprint density at radius 1 is 1.30 bits per heavy atom. The molecule has 2 atom stereocenters. The maximum Gasteiger partial charge on any atom is 0.435 e. The van der Waals surface area contributed by atoms with Crippen molar-refractivity contribution in [2.75, 3.05) is 13.2 Å². The molecular weight excluding hydrogens is 434 g/mol. The van der Waals surface area contributed by atoms with Crippen LogP contribution in [0.25, 0.3) is 0 Å². The van der Waals surface area contributed by atoms with Gasteiger partial charge in [0.2, 0.25) is 5.91 Å². The molecule has 1 aromatic heterocycles. The Labute approximate surface area is 172 Å². The van der Waals surface area contributed by atoms with Crippen LogP contribution in [0.1, 0.15) is 46.1 Å². The maximum atomic E-state index is 13.2. The highest BCUT2D eigenvalue weighted by molar-refractivity contribution is 7.13. The molecule has 8 nitrogen and oxygen atoms in total. The van der Waals surface area contributed by atoms with E-state index in [2.05, 4.69) is 10.3 Å². The van der Waals surface area contributed by atoms with Crippen LogP contribution in [0.3, 0.4) is 0 Å². The molecule has 0 aromatic carbocycles. The number of halogens is 4. The van der Waals surface area contributed by atoms with E-state index in [0.717, 1.165) is 4.90 Å². The number of aliphatic carboxylic acids is 1. The highest BCUT2D eigenvalue weighted by Crippen LogP contribution is 2.35. The van der Waals surface area contributed by atoms with Crippen LogP contribution in [0.2, 0.25) is 0 Å². The molecule has 0 unspecified atom stereocenters. The van der Waals surface area contributed by atoms with Gasteiger partial charge in [-0.25, -0.2) is 9.37 Å². The minimum atomic E-state index is -4.86. The maximum absolute atomic E-state index is 13.2. The number of rotatable bonds is 7. The topological polar surface area (TPSA) is 117 Å². The standard InChI is InChI=1S/C17H19F4N3O5S/c1-8-22-14(17(19,20)21)13(30-8)16(29)24-5-3-2-4-10(24)15(28)23-9(6-12(26)27)11(25)7-18/h9-10H,2-7H2,1H3,(H,23,28)(H,26,27)/t9-,10-/m0/s1. The van der Waals surface area contributed by atoms with Crippen molar-refractivity contribution >= 4 is 34.9 Å². The Bertz CT molecular complexity index is 842. The van der Waals surface area contributed by atoms with Crippen molar-refractivity contribution in [3.8, 4) is 0 Å². The van der Waals surface area contributed by atoms with Crippen LogP contribution in [-0.2, 0) is 20.6 Å². The van der Waals surface area contributed by atoms with Crippen LogP contribution >= 0.6 is 11.3 Å². The third kappa shape index (κ3) is 5.52. The van der Waals surface area contributed by atoms with E-state index < -0.39 is 65.5 Å². The summed E-state index contributed by atoms with van der Waals surface area (Å²) in [6, 6.07) is -2.87. The summed E-state index contributed by atoms with van der Waals surface area (Å²) < 4.78 is 52.4. The Balaban J connectivity index is 2.28. The second-order valence-corrected chi connectivity index (χ2v) is 7.88. The predicted molar refractivity (Wildman–Crippen MR) is 95.7 cm³/mol. The van der Waals surface area contributed by atoms with Crippen LogP contribution in [0.5, 0.6) is 0 Å². The highest BCUT2D eigenvalue weighted by Gasteiger charge is 2.42. The van der Waals surface area contributed by atoms with Crippen LogP contribution in [0, 0.1) is 6.92 Å². The van der Waals surface area contributed by atoms with E-state index in [1.807, 2.05) is 0 Å². The number of aryl methyl sites for hydroxylation is 1. The molecule has 0 aliphatic carbocycles. The van der Waals surface area contributed by atoms with Gasteiger partial charge < -0.3 is 15.3 Å². The molecule has 2 rings (SSSR count). The van der Waals surface area contributed by atoms with Gasteiger partial charge in [0.25, 0.3) is 5.91 Å². The molecule has 30 heavy (non-hydrogen) atoms. The first-order chi connectivity index (χ1) is 14.0. The van der Waals surface area contributed by atoms with E-state index in [1.165, 1.54) is 6.92 Å². The van der Waals surface area contributed by atoms with Gasteiger partial charge >= 0.3 is 12.1 Å². The van der Waals surface area contributed by atoms with Crippen LogP contribution < -0.4 is 5.32 Å². The van der Waals surface area contributed by atoms with Gasteiger partial charge in [-0.2, -0.15) is 13.2 Å². The van der Waals surface area contributed by atoms with Gasteiger partial charge in [-0.3, -0.25) is 19.2 Å². The van der Waals surface area contributed by atoms with Crippen molar-refractivity contribution in [3.05, 3.63) is 15.6 Å². The third-order valence-electron chi connectivity index (χ3n) is 4.48. The predicted octanol–water partition coefficient (Wildman–Crippen LogP) is 1.96. The van der Waals surface area contributed by atoms with Crippen LogP contribution in [-0.4, -0.2) is 63.9 Å². The van der Waals surface area contributed by atoms with Crippen molar-refractivity contribution < 1.29 is 41.8 Å². The molecule has 0 saturated carbocycles. The lowest BCUT2D eigenvalue weighted by Gasteiger charge is -2.35. The molecule has 2 N–H and O–H groups in total. The first-order valence-corrected chi connectivity index (χ1v) is 9.73. The van der Waals surface area contributed by atoms with E-state index in [9.17, 15) is 36.7 Å². The van der Waals surface area contributed by atoms with Crippen molar-refractivity contribution in [1.82, 2.24) is 15.2 Å². The Morgan fingerprint density at radius 3 is 2.53 bits per heavy atom. The molecule has 1 aromatic rings. The van der Waals surface area contributed by atoms with Gasteiger partial charge in [0.1, 0.15) is 23.6 Å². The van der Waals surface area contributed by atoms with Crippen molar-refractivity contribution in [2.24, 2.45) is 0 Å². The number of carbonyl (C=O) groups is 4. The second kappa shape index (κ2) is 9.49. The number of carboxylic acid groups (broad SMARTS) is 1. The summed E-state index contributed by atoms with van der Waals surface area (Å²) in [5.74, 6) is -4.56. The minimum Gasteiger partial charge on any atom is -0.481 e. The fourth-order valence-corrected chi connectivity index (χ4v) is 4.02. The zero-order valence-electron chi connectivity index (χ0n) is 15.8. The molecule has 1 aliphatic heterocycles. The average molecular weight is 453 g/mol. The van der Waals surface area contributed by atoms with Gasteiger partial charge in [0.05, 0.1) is 11.4 Å². The number of aromatic nitrogens is 1. The number of ketones is 1. The fourth-order valence-electron chi connectivity index (χ4n) is 3.12. The number of piperidine rings is 1. The summed E-state index contributed by atoms with van der Waals surface area (Å²) in [6.45, 7) is -0.192. The van der Waals surface area contributed by atoms with E-state index in [4.69, 9.17) is 5.11 Å². The second-order valence-electron chi connectivity index (χ2n) is 6.68. The number of nitrogens with zero attached hydrogens (tertiary/aromatic N) is 2. The molecular formula is C17H19F4N3O5S. The number of likely N-dealkylation sites (tertiary alicyclic amines) is 1. The van der Waals surface area contributed by atoms with Gasteiger partial charge in [-0.1, -0.05) is 0 Å². The van der Waals surface area contributed by atoms with Gasteiger partial charge in [-0.05, 0) is 26.2 Å². The van der Waals surface area contributed by atoms with E-state index in [-0.39, 0.29) is 18.0 Å². The Hall–Kier alpha value is -2.57.